The Kier molecular flexibility index (Phi) is 3.38. The van der Waals surface area contributed by atoms with Gasteiger partial charge < -0.3 is 9.73 Å². The van der Waals surface area contributed by atoms with Crippen LogP contribution in [0.2, 0.25) is 0 Å². The molecule has 2 rings (SSSR count). The third-order valence-corrected chi connectivity index (χ3v) is 2.46. The van der Waals surface area contributed by atoms with Gasteiger partial charge in [0.2, 0.25) is 0 Å². The van der Waals surface area contributed by atoms with E-state index in [1.807, 2.05) is 24.3 Å². The summed E-state index contributed by atoms with van der Waals surface area (Å²) in [5.74, 6) is 0. The van der Waals surface area contributed by atoms with E-state index in [0.29, 0.717) is 6.42 Å². The molecule has 0 radical (unpaired) electrons. The van der Waals surface area contributed by atoms with Crippen LogP contribution in [0.5, 0.6) is 0 Å². The third kappa shape index (κ3) is 3.23. The van der Waals surface area contributed by atoms with E-state index >= 15 is 0 Å². The molecule has 2 aromatic rings. The van der Waals surface area contributed by atoms with E-state index in [1.54, 1.807) is 6.26 Å². The van der Waals surface area contributed by atoms with Gasteiger partial charge in [0.1, 0.15) is 5.58 Å². The van der Waals surface area contributed by atoms with Crippen molar-refractivity contribution in [2.45, 2.75) is 12.6 Å². The minimum absolute atomic E-state index is 0.281. The normalized spacial score (nSPS) is 12.2. The number of benzene rings is 1. The molecule has 0 fully saturated rings. The van der Waals surface area contributed by atoms with Crippen molar-refractivity contribution in [1.29, 1.82) is 0 Å². The van der Waals surface area contributed by atoms with Gasteiger partial charge in [-0.3, -0.25) is 0 Å². The van der Waals surface area contributed by atoms with E-state index < -0.39 is 12.7 Å². The van der Waals surface area contributed by atoms with E-state index in [1.165, 1.54) is 0 Å². The number of alkyl halides is 3. The predicted molar refractivity (Wildman–Crippen MR) is 58.8 cm³/mol. The summed E-state index contributed by atoms with van der Waals surface area (Å²) < 4.78 is 41.0. The summed E-state index contributed by atoms with van der Waals surface area (Å²) >= 11 is 0. The maximum atomic E-state index is 11.9. The maximum Gasteiger partial charge on any atom is 0.401 e. The van der Waals surface area contributed by atoms with Crippen molar-refractivity contribution in [1.82, 2.24) is 5.32 Å². The van der Waals surface area contributed by atoms with Gasteiger partial charge in [0.15, 0.2) is 0 Å². The maximum absolute atomic E-state index is 11.9. The Bertz CT molecular complexity index is 490. The lowest BCUT2D eigenvalue weighted by Crippen LogP contribution is -2.30. The average molecular weight is 243 g/mol. The van der Waals surface area contributed by atoms with Crippen LogP contribution in [0.3, 0.4) is 0 Å². The standard InChI is InChI=1S/C12H12F3NO/c13-12(14,15)8-16-6-5-9-7-17-11-4-2-1-3-10(9)11/h1-4,7,16H,5-6,8H2. The Morgan fingerprint density at radius 1 is 1.18 bits per heavy atom. The highest BCUT2D eigenvalue weighted by Crippen LogP contribution is 2.20. The highest BCUT2D eigenvalue weighted by Gasteiger charge is 2.25. The molecule has 0 saturated heterocycles. The van der Waals surface area contributed by atoms with Gasteiger partial charge in [-0.05, 0) is 24.6 Å². The van der Waals surface area contributed by atoms with Crippen molar-refractivity contribution < 1.29 is 17.6 Å². The molecule has 0 saturated carbocycles. The van der Waals surface area contributed by atoms with E-state index in [2.05, 4.69) is 5.32 Å². The van der Waals surface area contributed by atoms with Crippen LogP contribution in [-0.4, -0.2) is 19.3 Å². The van der Waals surface area contributed by atoms with E-state index in [-0.39, 0.29) is 6.54 Å². The molecule has 92 valence electrons. The second-order valence-corrected chi connectivity index (χ2v) is 3.80. The molecule has 0 aliphatic heterocycles. The highest BCUT2D eigenvalue weighted by molar-refractivity contribution is 5.80. The molecule has 2 nitrogen and oxygen atoms in total. The van der Waals surface area contributed by atoms with Gasteiger partial charge in [0.25, 0.3) is 0 Å². The van der Waals surface area contributed by atoms with Crippen LogP contribution in [-0.2, 0) is 6.42 Å². The van der Waals surface area contributed by atoms with E-state index in [9.17, 15) is 13.2 Å². The fourth-order valence-corrected chi connectivity index (χ4v) is 1.68. The molecule has 5 heteroatoms. The topological polar surface area (TPSA) is 25.2 Å². The Morgan fingerprint density at radius 3 is 2.71 bits per heavy atom. The first-order valence-electron chi connectivity index (χ1n) is 5.29. The molecule has 1 heterocycles. The SMILES string of the molecule is FC(F)(F)CNCCc1coc2ccccc12. The largest absolute Gasteiger partial charge is 0.464 e. The third-order valence-electron chi connectivity index (χ3n) is 2.46. The zero-order valence-corrected chi connectivity index (χ0v) is 9.05. The molecule has 0 aliphatic rings. The van der Waals surface area contributed by atoms with E-state index in [0.717, 1.165) is 16.5 Å². The molecule has 17 heavy (non-hydrogen) atoms. The number of para-hydroxylation sites is 1. The lowest BCUT2D eigenvalue weighted by molar-refractivity contribution is -0.124. The molecule has 0 atom stereocenters. The second kappa shape index (κ2) is 4.79. The quantitative estimate of drug-likeness (QED) is 0.834. The number of hydrogen-bond donors (Lipinski definition) is 1. The number of furan rings is 1. The van der Waals surface area contributed by atoms with Gasteiger partial charge in [-0.1, -0.05) is 18.2 Å². The predicted octanol–water partition coefficient (Wildman–Crippen LogP) is 3.13. The Labute approximate surface area is 96.4 Å². The monoisotopic (exact) mass is 243 g/mol. The lowest BCUT2D eigenvalue weighted by Gasteiger charge is -2.07. The fourth-order valence-electron chi connectivity index (χ4n) is 1.68. The van der Waals surface area contributed by atoms with Gasteiger partial charge in [0, 0.05) is 5.39 Å². The van der Waals surface area contributed by atoms with Crippen LogP contribution in [0.15, 0.2) is 34.9 Å². The number of rotatable bonds is 4. The Balaban J connectivity index is 1.91. The van der Waals surface area contributed by atoms with Crippen LogP contribution in [0.1, 0.15) is 5.56 Å². The summed E-state index contributed by atoms with van der Waals surface area (Å²) in [6.07, 6.45) is -2.04. The molecule has 0 aliphatic carbocycles. The smallest absolute Gasteiger partial charge is 0.401 e. The highest BCUT2D eigenvalue weighted by atomic mass is 19.4. The number of nitrogens with one attached hydrogen (secondary N) is 1. The first-order chi connectivity index (χ1) is 8.06. The number of fused-ring (bicyclic) bond motifs is 1. The summed E-state index contributed by atoms with van der Waals surface area (Å²) in [7, 11) is 0. The van der Waals surface area contributed by atoms with Gasteiger partial charge in [-0.2, -0.15) is 13.2 Å². The lowest BCUT2D eigenvalue weighted by atomic mass is 10.1. The zero-order valence-electron chi connectivity index (χ0n) is 9.05. The Morgan fingerprint density at radius 2 is 1.94 bits per heavy atom. The fraction of sp³-hybridized carbons (Fsp3) is 0.333. The van der Waals surface area contributed by atoms with Crippen molar-refractivity contribution in [3.63, 3.8) is 0 Å². The van der Waals surface area contributed by atoms with Crippen molar-refractivity contribution in [3.8, 4) is 0 Å². The molecule has 1 aromatic heterocycles. The Hall–Kier alpha value is -1.49. The summed E-state index contributed by atoms with van der Waals surface area (Å²) in [4.78, 5) is 0. The van der Waals surface area contributed by atoms with Crippen LogP contribution < -0.4 is 5.32 Å². The molecule has 1 aromatic carbocycles. The zero-order chi connectivity index (χ0) is 12.3. The van der Waals surface area contributed by atoms with Crippen LogP contribution in [0, 0.1) is 0 Å². The number of hydrogen-bond acceptors (Lipinski definition) is 2. The summed E-state index contributed by atoms with van der Waals surface area (Å²) in [6.45, 7) is -0.675. The van der Waals surface area contributed by atoms with Crippen LogP contribution >= 0.6 is 0 Å². The van der Waals surface area contributed by atoms with Crippen molar-refractivity contribution in [2.75, 3.05) is 13.1 Å². The van der Waals surface area contributed by atoms with Crippen LogP contribution in [0.4, 0.5) is 13.2 Å². The van der Waals surface area contributed by atoms with Crippen molar-refractivity contribution in [2.24, 2.45) is 0 Å². The average Bonchev–Trinajstić information content (AvgIpc) is 2.67. The summed E-state index contributed by atoms with van der Waals surface area (Å²) in [5, 5.41) is 3.32. The molecule has 1 N–H and O–H groups in total. The molecule has 0 bridgehead atoms. The van der Waals surface area contributed by atoms with Gasteiger partial charge >= 0.3 is 6.18 Å². The molecule has 0 amide bonds. The first-order valence-corrected chi connectivity index (χ1v) is 5.29. The van der Waals surface area contributed by atoms with E-state index in [4.69, 9.17) is 4.42 Å². The van der Waals surface area contributed by atoms with Crippen molar-refractivity contribution >= 4 is 11.0 Å². The molecular weight excluding hydrogens is 231 g/mol. The molecular formula is C12H12F3NO. The van der Waals surface area contributed by atoms with Gasteiger partial charge in [-0.25, -0.2) is 0 Å². The summed E-state index contributed by atoms with van der Waals surface area (Å²) in [6, 6.07) is 7.47. The van der Waals surface area contributed by atoms with Crippen LogP contribution in [0.25, 0.3) is 11.0 Å². The van der Waals surface area contributed by atoms with Gasteiger partial charge in [0.05, 0.1) is 12.8 Å². The molecule has 0 unspecified atom stereocenters. The minimum atomic E-state index is -4.15. The number of halogens is 3. The summed E-state index contributed by atoms with van der Waals surface area (Å²) in [5.41, 5.74) is 1.69. The second-order valence-electron chi connectivity index (χ2n) is 3.80. The minimum Gasteiger partial charge on any atom is -0.464 e. The van der Waals surface area contributed by atoms with Crippen molar-refractivity contribution in [3.05, 3.63) is 36.1 Å². The van der Waals surface area contributed by atoms with Gasteiger partial charge in [-0.15, -0.1) is 0 Å². The first kappa shape index (κ1) is 12.0. The molecule has 0 spiro atoms.